The van der Waals surface area contributed by atoms with E-state index in [0.29, 0.717) is 23.7 Å². The molecule has 126 valence electrons. The van der Waals surface area contributed by atoms with Crippen molar-refractivity contribution < 1.29 is 15.3 Å². The molecule has 0 bridgehead atoms. The lowest BCUT2D eigenvalue weighted by Gasteiger charge is -2.60. The number of fused-ring (bicyclic) bond motifs is 5. The number of aliphatic hydroxyl groups excluding tert-OH is 1. The van der Waals surface area contributed by atoms with Crippen LogP contribution >= 0.6 is 0 Å². The van der Waals surface area contributed by atoms with Gasteiger partial charge >= 0.3 is 0 Å². The maximum Gasteiger partial charge on any atom is 0.193 e. The molecule has 0 saturated heterocycles. The summed E-state index contributed by atoms with van der Waals surface area (Å²) in [7, 11) is 0. The van der Waals surface area contributed by atoms with Gasteiger partial charge in [0.15, 0.2) is 5.79 Å². The summed E-state index contributed by atoms with van der Waals surface area (Å²) in [5, 5.41) is 31.5. The van der Waals surface area contributed by atoms with Crippen LogP contribution in [0.1, 0.15) is 71.6 Å². The van der Waals surface area contributed by atoms with Crippen LogP contribution in [0.25, 0.3) is 0 Å². The zero-order valence-corrected chi connectivity index (χ0v) is 14.1. The van der Waals surface area contributed by atoms with Gasteiger partial charge in [0.25, 0.3) is 0 Å². The molecule has 4 fully saturated rings. The van der Waals surface area contributed by atoms with E-state index in [1.165, 1.54) is 38.5 Å². The normalized spacial score (nSPS) is 56.9. The van der Waals surface area contributed by atoms with Gasteiger partial charge in [-0.05, 0) is 73.5 Å². The Morgan fingerprint density at radius 2 is 1.68 bits per heavy atom. The van der Waals surface area contributed by atoms with E-state index in [2.05, 4.69) is 13.8 Å². The Morgan fingerprint density at radius 1 is 0.909 bits per heavy atom. The fourth-order valence-electron chi connectivity index (χ4n) is 7.43. The standard InChI is InChI=1S/C19H32O3/c1-17-10-8-14-13(16(17)19(21,22)15(20)11-17)7-6-12-5-3-4-9-18(12,14)2/h12-16,20-22H,3-11H2,1-2H3/t12-,13-,14+,15?,16+,17-,18+/m1/s1. The van der Waals surface area contributed by atoms with Gasteiger partial charge in [0, 0.05) is 5.92 Å². The van der Waals surface area contributed by atoms with Crippen molar-refractivity contribution in [1.29, 1.82) is 0 Å². The zero-order valence-electron chi connectivity index (χ0n) is 14.1. The van der Waals surface area contributed by atoms with Crippen molar-refractivity contribution in [3.05, 3.63) is 0 Å². The Bertz CT molecular complexity index is 462. The van der Waals surface area contributed by atoms with Crippen LogP contribution in [0.15, 0.2) is 0 Å². The average Bonchev–Trinajstić information content (AvgIpc) is 2.63. The fraction of sp³-hybridized carbons (Fsp3) is 1.00. The monoisotopic (exact) mass is 308 g/mol. The molecule has 4 aliphatic rings. The minimum Gasteiger partial charge on any atom is -0.387 e. The minimum absolute atomic E-state index is 0.0953. The van der Waals surface area contributed by atoms with Crippen LogP contribution in [0.5, 0.6) is 0 Å². The summed E-state index contributed by atoms with van der Waals surface area (Å²) in [6.07, 6.45) is 9.60. The van der Waals surface area contributed by atoms with Crippen molar-refractivity contribution in [3.8, 4) is 0 Å². The number of hydrogen-bond donors (Lipinski definition) is 3. The van der Waals surface area contributed by atoms with Crippen LogP contribution < -0.4 is 0 Å². The van der Waals surface area contributed by atoms with E-state index in [9.17, 15) is 15.3 Å². The predicted octanol–water partition coefficient (Wildman–Crippen LogP) is 3.07. The van der Waals surface area contributed by atoms with Crippen LogP contribution in [0.3, 0.4) is 0 Å². The summed E-state index contributed by atoms with van der Waals surface area (Å²) < 4.78 is 0. The smallest absolute Gasteiger partial charge is 0.193 e. The Morgan fingerprint density at radius 3 is 2.45 bits per heavy atom. The van der Waals surface area contributed by atoms with Crippen LogP contribution in [-0.2, 0) is 0 Å². The molecule has 0 heterocycles. The Hall–Kier alpha value is -0.120. The summed E-state index contributed by atoms with van der Waals surface area (Å²) in [5.74, 6) is -0.187. The lowest BCUT2D eigenvalue weighted by atomic mass is 9.45. The zero-order chi connectivity index (χ0) is 15.8. The van der Waals surface area contributed by atoms with Gasteiger partial charge in [-0.15, -0.1) is 0 Å². The van der Waals surface area contributed by atoms with E-state index in [1.54, 1.807) is 0 Å². The molecule has 4 aliphatic carbocycles. The maximum absolute atomic E-state index is 10.6. The van der Waals surface area contributed by atoms with Crippen LogP contribution in [0, 0.1) is 34.5 Å². The maximum atomic E-state index is 10.6. The van der Waals surface area contributed by atoms with Crippen molar-refractivity contribution in [2.24, 2.45) is 34.5 Å². The quantitative estimate of drug-likeness (QED) is 0.603. The highest BCUT2D eigenvalue weighted by atomic mass is 16.5. The third-order valence-corrected chi connectivity index (χ3v) is 8.48. The third-order valence-electron chi connectivity index (χ3n) is 8.48. The molecule has 0 radical (unpaired) electrons. The largest absolute Gasteiger partial charge is 0.387 e. The first kappa shape index (κ1) is 15.4. The Balaban J connectivity index is 1.70. The highest BCUT2D eigenvalue weighted by molar-refractivity contribution is 5.13. The third kappa shape index (κ3) is 1.85. The summed E-state index contributed by atoms with van der Waals surface area (Å²) in [6.45, 7) is 4.67. The molecule has 4 rings (SSSR count). The van der Waals surface area contributed by atoms with Crippen molar-refractivity contribution >= 4 is 0 Å². The summed E-state index contributed by atoms with van der Waals surface area (Å²) >= 11 is 0. The molecular formula is C19H32O3. The first-order chi connectivity index (χ1) is 10.3. The molecule has 0 aromatic heterocycles. The van der Waals surface area contributed by atoms with Crippen LogP contribution in [0.2, 0.25) is 0 Å². The molecule has 22 heavy (non-hydrogen) atoms. The van der Waals surface area contributed by atoms with Gasteiger partial charge in [-0.25, -0.2) is 0 Å². The molecular weight excluding hydrogens is 276 g/mol. The average molecular weight is 308 g/mol. The summed E-state index contributed by atoms with van der Waals surface area (Å²) in [5.41, 5.74) is 0.300. The number of rotatable bonds is 0. The molecule has 3 N–H and O–H groups in total. The highest BCUT2D eigenvalue weighted by Gasteiger charge is 2.66. The lowest BCUT2D eigenvalue weighted by molar-refractivity contribution is -0.268. The van der Waals surface area contributed by atoms with E-state index in [1.807, 2.05) is 0 Å². The predicted molar refractivity (Wildman–Crippen MR) is 84.9 cm³/mol. The van der Waals surface area contributed by atoms with Crippen LogP contribution in [-0.4, -0.2) is 27.2 Å². The Labute approximate surface area is 134 Å². The van der Waals surface area contributed by atoms with Crippen molar-refractivity contribution in [2.75, 3.05) is 0 Å². The molecule has 0 amide bonds. The molecule has 1 unspecified atom stereocenters. The second-order valence-corrected chi connectivity index (χ2v) is 9.47. The van der Waals surface area contributed by atoms with Crippen molar-refractivity contribution in [1.82, 2.24) is 0 Å². The summed E-state index contributed by atoms with van der Waals surface area (Å²) in [6, 6.07) is 0. The molecule has 3 heteroatoms. The SMILES string of the molecule is C[C@]12CC[C@H]3[C@@H](CC[C@H]4CCCC[C@@]43C)[C@@H]1C(O)(O)C(O)C2. The van der Waals surface area contributed by atoms with Gasteiger partial charge in [0.05, 0.1) is 0 Å². The second-order valence-electron chi connectivity index (χ2n) is 9.47. The first-order valence-electron chi connectivity index (χ1n) is 9.42. The van der Waals surface area contributed by atoms with E-state index >= 15 is 0 Å². The number of hydrogen-bond acceptors (Lipinski definition) is 3. The Kier molecular flexibility index (Phi) is 3.30. The van der Waals surface area contributed by atoms with Gasteiger partial charge in [-0.1, -0.05) is 26.7 Å². The highest BCUT2D eigenvalue weighted by Crippen LogP contribution is 2.67. The van der Waals surface area contributed by atoms with E-state index in [-0.39, 0.29) is 11.3 Å². The molecule has 3 nitrogen and oxygen atoms in total. The van der Waals surface area contributed by atoms with Gasteiger partial charge in [-0.2, -0.15) is 0 Å². The van der Waals surface area contributed by atoms with Crippen molar-refractivity contribution in [3.63, 3.8) is 0 Å². The van der Waals surface area contributed by atoms with Gasteiger partial charge < -0.3 is 15.3 Å². The first-order valence-corrected chi connectivity index (χ1v) is 9.42. The van der Waals surface area contributed by atoms with Gasteiger partial charge in [0.1, 0.15) is 6.10 Å². The molecule has 0 spiro atoms. The minimum atomic E-state index is -1.88. The van der Waals surface area contributed by atoms with Crippen molar-refractivity contribution in [2.45, 2.75) is 83.5 Å². The van der Waals surface area contributed by atoms with Gasteiger partial charge in [0.2, 0.25) is 0 Å². The van der Waals surface area contributed by atoms with E-state index < -0.39 is 11.9 Å². The second kappa shape index (κ2) is 4.70. The molecule has 4 saturated carbocycles. The van der Waals surface area contributed by atoms with Gasteiger partial charge in [-0.3, -0.25) is 0 Å². The molecule has 0 aliphatic heterocycles. The molecule has 0 aromatic carbocycles. The van der Waals surface area contributed by atoms with Crippen LogP contribution in [0.4, 0.5) is 0 Å². The van der Waals surface area contributed by atoms with E-state index in [4.69, 9.17) is 0 Å². The lowest BCUT2D eigenvalue weighted by Crippen LogP contribution is -2.57. The fourth-order valence-corrected chi connectivity index (χ4v) is 7.43. The molecule has 7 atom stereocenters. The topological polar surface area (TPSA) is 60.7 Å². The summed E-state index contributed by atoms with van der Waals surface area (Å²) in [4.78, 5) is 0. The van der Waals surface area contributed by atoms with E-state index in [0.717, 1.165) is 18.8 Å². The number of aliphatic hydroxyl groups is 3. The molecule has 0 aromatic rings.